The highest BCUT2D eigenvalue weighted by molar-refractivity contribution is 7.32. The van der Waals surface area contributed by atoms with Crippen molar-refractivity contribution in [2.45, 2.75) is 6.92 Å². The third-order valence-corrected chi connectivity index (χ3v) is 1.07. The molecule has 1 atom stereocenters. The van der Waals surface area contributed by atoms with Gasteiger partial charge in [-0.25, -0.2) is 9.32 Å². The summed E-state index contributed by atoms with van der Waals surface area (Å²) in [7, 11) is -2.83. The van der Waals surface area contributed by atoms with E-state index < -0.39 is 20.0 Å². The van der Waals surface area contributed by atoms with E-state index in [1.165, 1.54) is 0 Å². The normalized spacial score (nSPS) is 10.2. The highest BCUT2D eigenvalue weighted by Crippen LogP contribution is 2.19. The topological polar surface area (TPSA) is 72.8 Å². The Morgan fingerprint density at radius 3 is 2.64 bits per heavy atom. The fourth-order valence-electron chi connectivity index (χ4n) is 0.343. The molecule has 0 aromatic heterocycles. The monoisotopic (exact) mass is 179 g/mol. The van der Waals surface area contributed by atoms with Gasteiger partial charge in [-0.05, 0) is 13.5 Å². The van der Waals surface area contributed by atoms with Gasteiger partial charge in [-0.3, -0.25) is 0 Å². The molecule has 6 heteroatoms. The SMILES string of the molecule is C=C(O[P+](=O)O)C(=O)OCC. The summed E-state index contributed by atoms with van der Waals surface area (Å²) in [6, 6.07) is 0. The molecule has 0 aliphatic heterocycles. The molecule has 62 valence electrons. The number of hydrogen-bond acceptors (Lipinski definition) is 4. The summed E-state index contributed by atoms with van der Waals surface area (Å²) in [5.41, 5.74) is 0. The van der Waals surface area contributed by atoms with Gasteiger partial charge in [-0.2, -0.15) is 0 Å². The number of esters is 1. The molecule has 0 saturated heterocycles. The van der Waals surface area contributed by atoms with Crippen molar-refractivity contribution in [1.82, 2.24) is 0 Å². The lowest BCUT2D eigenvalue weighted by Gasteiger charge is -1.96. The van der Waals surface area contributed by atoms with Crippen LogP contribution in [0.4, 0.5) is 0 Å². The summed E-state index contributed by atoms with van der Waals surface area (Å²) >= 11 is 0. The van der Waals surface area contributed by atoms with Gasteiger partial charge in [0.15, 0.2) is 0 Å². The van der Waals surface area contributed by atoms with Gasteiger partial charge in [0, 0.05) is 4.57 Å². The average Bonchev–Trinajstić information content (AvgIpc) is 1.86. The molecule has 0 aliphatic rings. The van der Waals surface area contributed by atoms with Gasteiger partial charge in [-0.15, -0.1) is 4.89 Å². The lowest BCUT2D eigenvalue weighted by Crippen LogP contribution is -2.06. The standard InChI is InChI=1S/C5H7O5P/c1-3-9-5(6)4(2)10-11(7)8/h2-3H2,1H3/p+1. The zero-order valence-electron chi connectivity index (χ0n) is 5.94. The maximum Gasteiger partial charge on any atom is 0.747 e. The van der Waals surface area contributed by atoms with Crippen LogP contribution in [0.25, 0.3) is 0 Å². The van der Waals surface area contributed by atoms with E-state index in [9.17, 15) is 9.36 Å². The second-order valence-corrected chi connectivity index (χ2v) is 2.13. The van der Waals surface area contributed by atoms with Crippen LogP contribution in [0.2, 0.25) is 0 Å². The smallest absolute Gasteiger partial charge is 0.460 e. The molecule has 0 aliphatic carbocycles. The molecule has 0 saturated carbocycles. The summed E-state index contributed by atoms with van der Waals surface area (Å²) in [5, 5.41) is 0. The van der Waals surface area contributed by atoms with Crippen molar-refractivity contribution in [1.29, 1.82) is 0 Å². The van der Waals surface area contributed by atoms with Crippen LogP contribution < -0.4 is 0 Å². The van der Waals surface area contributed by atoms with E-state index in [-0.39, 0.29) is 6.61 Å². The summed E-state index contributed by atoms with van der Waals surface area (Å²) in [6.45, 7) is 4.84. The maximum absolute atomic E-state index is 10.6. The van der Waals surface area contributed by atoms with Crippen LogP contribution >= 0.6 is 8.25 Å². The molecular formula is C5H8O5P+. The number of ether oxygens (including phenoxy) is 1. The van der Waals surface area contributed by atoms with Gasteiger partial charge < -0.3 is 4.74 Å². The molecule has 0 heterocycles. The van der Waals surface area contributed by atoms with E-state index in [0.717, 1.165) is 0 Å². The Balaban J connectivity index is 3.83. The molecule has 0 spiro atoms. The van der Waals surface area contributed by atoms with Crippen LogP contribution in [0.15, 0.2) is 12.3 Å². The molecule has 0 radical (unpaired) electrons. The van der Waals surface area contributed by atoms with Crippen molar-refractivity contribution in [3.05, 3.63) is 12.3 Å². The van der Waals surface area contributed by atoms with Crippen LogP contribution in [0.5, 0.6) is 0 Å². The van der Waals surface area contributed by atoms with Crippen molar-refractivity contribution in [3.8, 4) is 0 Å². The van der Waals surface area contributed by atoms with Gasteiger partial charge in [0.1, 0.15) is 0 Å². The highest BCUT2D eigenvalue weighted by Gasteiger charge is 2.21. The molecule has 0 bridgehead atoms. The molecule has 5 nitrogen and oxygen atoms in total. The van der Waals surface area contributed by atoms with Crippen LogP contribution in [0.1, 0.15) is 6.92 Å². The maximum atomic E-state index is 10.6. The molecule has 1 unspecified atom stereocenters. The Bertz CT molecular complexity index is 187. The third kappa shape index (κ3) is 4.47. The van der Waals surface area contributed by atoms with Crippen LogP contribution in [0.3, 0.4) is 0 Å². The predicted octanol–water partition coefficient (Wildman–Crippen LogP) is 0.730. The number of carbonyl (C=O) groups excluding carboxylic acids is 1. The van der Waals surface area contributed by atoms with Crippen molar-refractivity contribution >= 4 is 14.2 Å². The average molecular weight is 179 g/mol. The first kappa shape index (κ1) is 10.1. The summed E-state index contributed by atoms with van der Waals surface area (Å²) < 4.78 is 18.4. The van der Waals surface area contributed by atoms with E-state index in [1.54, 1.807) is 6.92 Å². The van der Waals surface area contributed by atoms with E-state index >= 15 is 0 Å². The van der Waals surface area contributed by atoms with Gasteiger partial charge in [0.25, 0.3) is 5.76 Å². The van der Waals surface area contributed by atoms with Crippen LogP contribution in [-0.2, 0) is 18.6 Å². The van der Waals surface area contributed by atoms with E-state index in [1.807, 2.05) is 0 Å². The molecule has 11 heavy (non-hydrogen) atoms. The molecule has 0 aromatic carbocycles. The summed E-state index contributed by atoms with van der Waals surface area (Å²) in [6.07, 6.45) is 0. The number of hydrogen-bond donors (Lipinski definition) is 1. The van der Waals surface area contributed by atoms with Crippen LogP contribution in [0, 0.1) is 0 Å². The second kappa shape index (κ2) is 4.82. The summed E-state index contributed by atoms with van der Waals surface area (Å²) in [4.78, 5) is 18.8. The summed E-state index contributed by atoms with van der Waals surface area (Å²) in [5.74, 6) is -1.29. The zero-order valence-corrected chi connectivity index (χ0v) is 6.84. The van der Waals surface area contributed by atoms with Crippen molar-refractivity contribution < 1.29 is 23.5 Å². The van der Waals surface area contributed by atoms with Gasteiger partial charge in [0.05, 0.1) is 6.61 Å². The van der Waals surface area contributed by atoms with Crippen molar-refractivity contribution in [2.24, 2.45) is 0 Å². The Morgan fingerprint density at radius 2 is 2.27 bits per heavy atom. The van der Waals surface area contributed by atoms with Crippen molar-refractivity contribution in [2.75, 3.05) is 6.61 Å². The fraction of sp³-hybridized carbons (Fsp3) is 0.400. The lowest BCUT2D eigenvalue weighted by molar-refractivity contribution is -0.141. The van der Waals surface area contributed by atoms with E-state index in [2.05, 4.69) is 15.8 Å². The largest absolute Gasteiger partial charge is 0.747 e. The molecule has 1 N–H and O–H groups in total. The first-order chi connectivity index (χ1) is 5.07. The Hall–Kier alpha value is -0.930. The number of rotatable bonds is 4. The van der Waals surface area contributed by atoms with Gasteiger partial charge in [0.2, 0.25) is 0 Å². The minimum atomic E-state index is -2.83. The highest BCUT2D eigenvalue weighted by atomic mass is 31.1. The van der Waals surface area contributed by atoms with Crippen molar-refractivity contribution in [3.63, 3.8) is 0 Å². The Labute approximate surface area is 64.6 Å². The Morgan fingerprint density at radius 1 is 1.73 bits per heavy atom. The lowest BCUT2D eigenvalue weighted by atomic mass is 10.6. The van der Waals surface area contributed by atoms with E-state index in [4.69, 9.17) is 4.89 Å². The fourth-order valence-corrected chi connectivity index (χ4v) is 0.606. The number of carbonyl (C=O) groups is 1. The third-order valence-electron chi connectivity index (χ3n) is 0.691. The Kier molecular flexibility index (Phi) is 4.41. The van der Waals surface area contributed by atoms with Crippen LogP contribution in [-0.4, -0.2) is 17.5 Å². The molecule has 0 aromatic rings. The van der Waals surface area contributed by atoms with Gasteiger partial charge >= 0.3 is 14.2 Å². The molecular weight excluding hydrogens is 171 g/mol. The predicted molar refractivity (Wildman–Crippen MR) is 36.7 cm³/mol. The first-order valence-corrected chi connectivity index (χ1v) is 3.91. The zero-order chi connectivity index (χ0) is 8.85. The van der Waals surface area contributed by atoms with Gasteiger partial charge in [-0.1, -0.05) is 0 Å². The molecule has 0 rings (SSSR count). The molecule has 0 fully saturated rings. The second-order valence-electron chi connectivity index (χ2n) is 1.47. The minimum Gasteiger partial charge on any atom is -0.460 e. The quantitative estimate of drug-likeness (QED) is 0.298. The molecule has 0 amide bonds. The first-order valence-electron chi connectivity index (χ1n) is 2.78. The van der Waals surface area contributed by atoms with E-state index in [0.29, 0.717) is 0 Å². The minimum absolute atomic E-state index is 0.170.